The van der Waals surface area contributed by atoms with Crippen molar-refractivity contribution < 1.29 is 9.53 Å². The van der Waals surface area contributed by atoms with Crippen LogP contribution in [0, 0.1) is 13.8 Å². The first-order valence-electron chi connectivity index (χ1n) is 8.11. The third kappa shape index (κ3) is 5.23. The normalized spacial score (nSPS) is 11.2. The van der Waals surface area contributed by atoms with E-state index in [4.69, 9.17) is 4.74 Å². The highest BCUT2D eigenvalue weighted by atomic mass is 16.5. The Morgan fingerprint density at radius 2 is 1.71 bits per heavy atom. The second-order valence-electron chi connectivity index (χ2n) is 5.89. The van der Waals surface area contributed by atoms with Gasteiger partial charge in [0, 0.05) is 0 Å². The molecule has 126 valence electrons. The summed E-state index contributed by atoms with van der Waals surface area (Å²) in [6.07, 6.45) is 1.00. The van der Waals surface area contributed by atoms with Crippen LogP contribution in [-0.4, -0.2) is 18.2 Å². The molecule has 2 rings (SSSR count). The number of aryl methyl sites for hydroxylation is 3. The molecule has 2 aromatic carbocycles. The summed E-state index contributed by atoms with van der Waals surface area (Å²) in [5, 5.41) is 4.13. The average molecular weight is 324 g/mol. The third-order valence-corrected chi connectivity index (χ3v) is 3.69. The van der Waals surface area contributed by atoms with Crippen LogP contribution in [0.3, 0.4) is 0 Å². The molecule has 2 aromatic rings. The maximum atomic E-state index is 11.9. The number of carbonyl (C=O) groups is 1. The largest absolute Gasteiger partial charge is 0.484 e. The molecular formula is C20H24N2O2. The number of benzene rings is 2. The number of nitrogens with one attached hydrogen (secondary N) is 1. The zero-order valence-corrected chi connectivity index (χ0v) is 14.7. The Kier molecular flexibility index (Phi) is 6.13. The summed E-state index contributed by atoms with van der Waals surface area (Å²) in [6.45, 7) is 7.92. The number of carbonyl (C=O) groups excluding carboxylic acids is 1. The van der Waals surface area contributed by atoms with Crippen molar-refractivity contribution in [2.24, 2.45) is 5.10 Å². The molecule has 0 aliphatic carbocycles. The first-order chi connectivity index (χ1) is 11.5. The topological polar surface area (TPSA) is 50.7 Å². The number of hydrazone groups is 1. The van der Waals surface area contributed by atoms with Gasteiger partial charge in [-0.1, -0.05) is 37.3 Å². The Morgan fingerprint density at radius 3 is 2.29 bits per heavy atom. The summed E-state index contributed by atoms with van der Waals surface area (Å²) in [6, 6.07) is 14.0. The van der Waals surface area contributed by atoms with E-state index < -0.39 is 0 Å². The molecule has 0 spiro atoms. The van der Waals surface area contributed by atoms with E-state index in [2.05, 4.69) is 35.7 Å². The minimum Gasteiger partial charge on any atom is -0.484 e. The van der Waals surface area contributed by atoms with Crippen LogP contribution in [0.4, 0.5) is 0 Å². The number of rotatable bonds is 6. The summed E-state index contributed by atoms with van der Waals surface area (Å²) in [7, 11) is 0. The zero-order chi connectivity index (χ0) is 17.5. The van der Waals surface area contributed by atoms with Crippen molar-refractivity contribution in [3.05, 3.63) is 64.7 Å². The van der Waals surface area contributed by atoms with Gasteiger partial charge in [-0.3, -0.25) is 4.79 Å². The van der Waals surface area contributed by atoms with E-state index in [-0.39, 0.29) is 12.5 Å². The maximum Gasteiger partial charge on any atom is 0.277 e. The first kappa shape index (κ1) is 17.7. The van der Waals surface area contributed by atoms with Crippen molar-refractivity contribution in [3.8, 4) is 5.75 Å². The lowest BCUT2D eigenvalue weighted by Gasteiger charge is -2.08. The Bertz CT molecular complexity index is 714. The van der Waals surface area contributed by atoms with Gasteiger partial charge in [0.1, 0.15) is 5.75 Å². The van der Waals surface area contributed by atoms with E-state index in [0.717, 1.165) is 28.8 Å². The Hall–Kier alpha value is -2.62. The van der Waals surface area contributed by atoms with Gasteiger partial charge in [-0.15, -0.1) is 0 Å². The predicted molar refractivity (Wildman–Crippen MR) is 97.6 cm³/mol. The van der Waals surface area contributed by atoms with Crippen LogP contribution < -0.4 is 10.2 Å². The van der Waals surface area contributed by atoms with Gasteiger partial charge in [0.15, 0.2) is 6.61 Å². The number of nitrogens with zero attached hydrogens (tertiary/aromatic N) is 1. The first-order valence-corrected chi connectivity index (χ1v) is 8.11. The number of hydrogen-bond acceptors (Lipinski definition) is 3. The van der Waals surface area contributed by atoms with Crippen LogP contribution in [0.2, 0.25) is 0 Å². The van der Waals surface area contributed by atoms with Crippen LogP contribution in [0.15, 0.2) is 47.6 Å². The Morgan fingerprint density at radius 1 is 1.08 bits per heavy atom. The molecule has 0 aliphatic heterocycles. The molecule has 0 radical (unpaired) electrons. The molecule has 4 nitrogen and oxygen atoms in total. The molecule has 0 bridgehead atoms. The Labute approximate surface area is 143 Å². The van der Waals surface area contributed by atoms with Crippen LogP contribution in [0.5, 0.6) is 5.75 Å². The van der Waals surface area contributed by atoms with Crippen LogP contribution in [0.25, 0.3) is 0 Å². The predicted octanol–water partition coefficient (Wildman–Crippen LogP) is 3.79. The van der Waals surface area contributed by atoms with Gasteiger partial charge in [-0.2, -0.15) is 5.10 Å². The van der Waals surface area contributed by atoms with E-state index in [0.29, 0.717) is 5.75 Å². The summed E-state index contributed by atoms with van der Waals surface area (Å²) in [4.78, 5) is 11.9. The minimum atomic E-state index is -0.279. The van der Waals surface area contributed by atoms with Crippen molar-refractivity contribution in [2.45, 2.75) is 34.1 Å². The third-order valence-electron chi connectivity index (χ3n) is 3.69. The molecule has 0 saturated carbocycles. The van der Waals surface area contributed by atoms with Crippen molar-refractivity contribution in [1.82, 2.24) is 5.43 Å². The molecule has 1 amide bonds. The summed E-state index contributed by atoms with van der Waals surface area (Å²) in [5.41, 5.74) is 7.77. The lowest BCUT2D eigenvalue weighted by Crippen LogP contribution is -2.25. The Balaban J connectivity index is 1.89. The molecule has 1 N–H and O–H groups in total. The molecule has 0 atom stereocenters. The summed E-state index contributed by atoms with van der Waals surface area (Å²) in [5.74, 6) is 0.414. The van der Waals surface area contributed by atoms with Gasteiger partial charge < -0.3 is 4.74 Å². The molecule has 0 saturated heterocycles. The quantitative estimate of drug-likeness (QED) is 0.649. The van der Waals surface area contributed by atoms with Crippen LogP contribution in [0.1, 0.15) is 36.1 Å². The molecule has 0 unspecified atom stereocenters. The summed E-state index contributed by atoms with van der Waals surface area (Å²) >= 11 is 0. The van der Waals surface area contributed by atoms with E-state index >= 15 is 0 Å². The fraction of sp³-hybridized carbons (Fsp3) is 0.300. The summed E-state index contributed by atoms with van der Waals surface area (Å²) < 4.78 is 5.52. The minimum absolute atomic E-state index is 0.0611. The molecule has 0 heterocycles. The van der Waals surface area contributed by atoms with Gasteiger partial charge >= 0.3 is 0 Å². The van der Waals surface area contributed by atoms with Crippen molar-refractivity contribution in [1.29, 1.82) is 0 Å². The van der Waals surface area contributed by atoms with Gasteiger partial charge in [-0.25, -0.2) is 5.43 Å². The van der Waals surface area contributed by atoms with Crippen molar-refractivity contribution in [3.63, 3.8) is 0 Å². The highest BCUT2D eigenvalue weighted by molar-refractivity contribution is 5.99. The smallest absolute Gasteiger partial charge is 0.277 e. The molecular weight excluding hydrogens is 300 g/mol. The van der Waals surface area contributed by atoms with Crippen molar-refractivity contribution in [2.75, 3.05) is 6.61 Å². The number of ether oxygens (including phenoxy) is 1. The molecule has 0 aliphatic rings. The van der Waals surface area contributed by atoms with Gasteiger partial charge in [0.25, 0.3) is 5.91 Å². The zero-order valence-electron chi connectivity index (χ0n) is 14.7. The van der Waals surface area contributed by atoms with E-state index in [9.17, 15) is 4.79 Å². The molecule has 0 fully saturated rings. The van der Waals surface area contributed by atoms with E-state index in [1.807, 2.05) is 45.0 Å². The molecule has 4 heteroatoms. The lowest BCUT2D eigenvalue weighted by molar-refractivity contribution is -0.123. The van der Waals surface area contributed by atoms with E-state index in [1.165, 1.54) is 5.56 Å². The highest BCUT2D eigenvalue weighted by Crippen LogP contribution is 2.15. The van der Waals surface area contributed by atoms with Crippen LogP contribution in [-0.2, 0) is 11.2 Å². The molecule has 0 aromatic heterocycles. The highest BCUT2D eigenvalue weighted by Gasteiger charge is 2.04. The van der Waals surface area contributed by atoms with Gasteiger partial charge in [0.05, 0.1) is 5.71 Å². The standard InChI is InChI=1S/C20H24N2O2/c1-5-17-6-8-18(9-7-17)16(4)21-22-20(23)13-24-19-11-14(2)10-15(3)12-19/h6-12H,5,13H2,1-4H3,(H,22,23). The van der Waals surface area contributed by atoms with E-state index in [1.54, 1.807) is 0 Å². The van der Waals surface area contributed by atoms with Gasteiger partial charge in [-0.05, 0) is 61.6 Å². The number of hydrogen-bond donors (Lipinski definition) is 1. The fourth-order valence-corrected chi connectivity index (χ4v) is 2.39. The van der Waals surface area contributed by atoms with Gasteiger partial charge in [0.2, 0.25) is 0 Å². The van der Waals surface area contributed by atoms with Crippen LogP contribution >= 0.6 is 0 Å². The number of amides is 1. The SMILES string of the molecule is CCc1ccc(C(C)=NNC(=O)COc2cc(C)cc(C)c2)cc1. The second-order valence-corrected chi connectivity index (χ2v) is 5.89. The molecule has 24 heavy (non-hydrogen) atoms. The average Bonchev–Trinajstić information content (AvgIpc) is 2.57. The van der Waals surface area contributed by atoms with Crippen molar-refractivity contribution >= 4 is 11.6 Å². The fourth-order valence-electron chi connectivity index (χ4n) is 2.39. The lowest BCUT2D eigenvalue weighted by atomic mass is 10.1. The second kappa shape index (κ2) is 8.29. The monoisotopic (exact) mass is 324 g/mol. The maximum absolute atomic E-state index is 11.9.